The number of ketones is 1. The second-order valence-electron chi connectivity index (χ2n) is 9.24. The molecule has 1 atom stereocenters. The lowest BCUT2D eigenvalue weighted by Crippen LogP contribution is -2.42. The predicted octanol–water partition coefficient (Wildman–Crippen LogP) is 4.02. The van der Waals surface area contributed by atoms with Gasteiger partial charge in [-0.2, -0.15) is 0 Å². The van der Waals surface area contributed by atoms with Gasteiger partial charge in [0.1, 0.15) is 17.3 Å². The van der Waals surface area contributed by atoms with Crippen LogP contribution < -0.4 is 9.47 Å². The predicted molar refractivity (Wildman–Crippen MR) is 141 cm³/mol. The van der Waals surface area contributed by atoms with Crippen molar-refractivity contribution < 1.29 is 28.9 Å². The zero-order valence-corrected chi connectivity index (χ0v) is 21.7. The molecule has 0 aromatic heterocycles. The molecule has 4 rings (SSSR count). The summed E-state index contributed by atoms with van der Waals surface area (Å²) >= 11 is 0. The molecule has 2 aliphatic rings. The molecular formula is C29H36N2O6. The largest absolute Gasteiger partial charge is 0.507 e. The molecule has 8 nitrogen and oxygen atoms in total. The van der Waals surface area contributed by atoms with Crippen LogP contribution in [0, 0.1) is 0 Å². The number of hydrogen-bond donors (Lipinski definition) is 1. The Morgan fingerprint density at radius 1 is 0.946 bits per heavy atom. The lowest BCUT2D eigenvalue weighted by atomic mass is 9.95. The minimum absolute atomic E-state index is 0.0850. The molecule has 37 heavy (non-hydrogen) atoms. The van der Waals surface area contributed by atoms with Gasteiger partial charge in [-0.25, -0.2) is 0 Å². The normalized spacial score (nSPS) is 19.8. The minimum atomic E-state index is -0.720. The maximum atomic E-state index is 13.3. The number of aliphatic hydroxyl groups is 1. The van der Waals surface area contributed by atoms with Crippen LogP contribution in [-0.4, -0.2) is 79.2 Å². The summed E-state index contributed by atoms with van der Waals surface area (Å²) in [7, 11) is 0. The van der Waals surface area contributed by atoms with E-state index in [4.69, 9.17) is 14.2 Å². The van der Waals surface area contributed by atoms with E-state index in [1.54, 1.807) is 29.2 Å². The Hall–Kier alpha value is -3.36. The van der Waals surface area contributed by atoms with Crippen molar-refractivity contribution in [3.63, 3.8) is 0 Å². The molecule has 1 amide bonds. The number of aliphatic hydroxyl groups excluding tert-OH is 1. The first-order valence-corrected chi connectivity index (χ1v) is 13.1. The molecule has 0 aliphatic carbocycles. The lowest BCUT2D eigenvalue weighted by molar-refractivity contribution is -0.140. The molecule has 0 saturated carbocycles. The van der Waals surface area contributed by atoms with Crippen molar-refractivity contribution in [3.8, 4) is 11.5 Å². The van der Waals surface area contributed by atoms with Crippen LogP contribution in [0.1, 0.15) is 43.9 Å². The number of nitrogens with zero attached hydrogens (tertiary/aromatic N) is 2. The number of hydrogen-bond acceptors (Lipinski definition) is 7. The van der Waals surface area contributed by atoms with Crippen LogP contribution in [-0.2, 0) is 14.3 Å². The van der Waals surface area contributed by atoms with E-state index in [1.807, 2.05) is 38.1 Å². The van der Waals surface area contributed by atoms with Gasteiger partial charge < -0.3 is 24.2 Å². The van der Waals surface area contributed by atoms with Crippen molar-refractivity contribution in [1.29, 1.82) is 0 Å². The Labute approximate surface area is 218 Å². The Morgan fingerprint density at radius 3 is 2.30 bits per heavy atom. The Bertz CT molecular complexity index is 1110. The van der Waals surface area contributed by atoms with E-state index in [1.165, 1.54) is 0 Å². The second-order valence-corrected chi connectivity index (χ2v) is 9.24. The fraction of sp³-hybridized carbons (Fsp3) is 0.448. The van der Waals surface area contributed by atoms with Gasteiger partial charge in [-0.15, -0.1) is 0 Å². The number of amides is 1. The maximum absolute atomic E-state index is 13.3. The topological polar surface area (TPSA) is 88.5 Å². The van der Waals surface area contributed by atoms with Crippen molar-refractivity contribution in [2.24, 2.45) is 0 Å². The molecule has 2 saturated heterocycles. The number of Topliss-reactive ketones (excluding diaryl/α,β-unsaturated/α-hetero) is 1. The molecule has 2 aliphatic heterocycles. The zero-order valence-electron chi connectivity index (χ0n) is 21.7. The third-order valence-corrected chi connectivity index (χ3v) is 6.55. The standard InChI is InChI=1S/C29H36N2O6/c1-3-16-36-23-10-8-21(9-11-23)27(32)25-26(22-6-5-7-24(20-22)37-17-4-2)31(29(34)28(25)33)13-12-30-14-18-35-19-15-30/h5-11,20,26,32H,3-4,12-19H2,1-2H3. The number of likely N-dealkylation sites (tertiary alicyclic amines) is 1. The molecule has 2 aromatic rings. The van der Waals surface area contributed by atoms with Crippen LogP contribution in [0.2, 0.25) is 0 Å². The second kappa shape index (κ2) is 12.7. The molecule has 2 aromatic carbocycles. The van der Waals surface area contributed by atoms with Gasteiger partial charge in [0.05, 0.1) is 38.0 Å². The van der Waals surface area contributed by atoms with Gasteiger partial charge in [-0.3, -0.25) is 14.5 Å². The van der Waals surface area contributed by atoms with E-state index < -0.39 is 17.7 Å². The van der Waals surface area contributed by atoms with E-state index in [2.05, 4.69) is 4.90 Å². The van der Waals surface area contributed by atoms with Gasteiger partial charge in [0, 0.05) is 31.7 Å². The Balaban J connectivity index is 1.69. The SMILES string of the molecule is CCCOc1ccc(C(O)=C2C(=O)C(=O)N(CCN3CCOCC3)C2c2cccc(OCCC)c2)cc1. The number of morpholine rings is 1. The average Bonchev–Trinajstić information content (AvgIpc) is 3.19. The lowest BCUT2D eigenvalue weighted by Gasteiger charge is -2.31. The van der Waals surface area contributed by atoms with Gasteiger partial charge in [-0.05, 0) is 54.8 Å². The fourth-order valence-electron chi connectivity index (χ4n) is 4.61. The van der Waals surface area contributed by atoms with Gasteiger partial charge in [0.25, 0.3) is 11.7 Å². The van der Waals surface area contributed by atoms with Crippen molar-refractivity contribution in [2.45, 2.75) is 32.7 Å². The summed E-state index contributed by atoms with van der Waals surface area (Å²) in [4.78, 5) is 30.4. The Morgan fingerprint density at radius 2 is 1.62 bits per heavy atom. The highest BCUT2D eigenvalue weighted by Gasteiger charge is 2.46. The summed E-state index contributed by atoms with van der Waals surface area (Å²) in [6, 6.07) is 13.6. The summed E-state index contributed by atoms with van der Waals surface area (Å²) in [5, 5.41) is 11.3. The van der Waals surface area contributed by atoms with Crippen LogP contribution in [0.15, 0.2) is 54.1 Å². The molecule has 0 spiro atoms. The Kier molecular flexibility index (Phi) is 9.19. The van der Waals surface area contributed by atoms with E-state index in [0.717, 1.165) is 31.5 Å². The first-order valence-electron chi connectivity index (χ1n) is 13.1. The van der Waals surface area contributed by atoms with Crippen LogP contribution >= 0.6 is 0 Å². The van der Waals surface area contributed by atoms with Crippen LogP contribution in [0.25, 0.3) is 5.76 Å². The van der Waals surface area contributed by atoms with Crippen LogP contribution in [0.3, 0.4) is 0 Å². The average molecular weight is 509 g/mol. The monoisotopic (exact) mass is 508 g/mol. The quantitative estimate of drug-likeness (QED) is 0.279. The van der Waals surface area contributed by atoms with Crippen molar-refractivity contribution in [1.82, 2.24) is 9.80 Å². The third kappa shape index (κ3) is 6.32. The van der Waals surface area contributed by atoms with E-state index in [-0.39, 0.29) is 11.3 Å². The summed E-state index contributed by atoms with van der Waals surface area (Å²) in [6.45, 7) is 9.04. The molecule has 2 heterocycles. The van der Waals surface area contributed by atoms with Crippen LogP contribution in [0.4, 0.5) is 0 Å². The highest BCUT2D eigenvalue weighted by molar-refractivity contribution is 6.46. The van der Waals surface area contributed by atoms with Crippen molar-refractivity contribution in [2.75, 3.05) is 52.6 Å². The number of carbonyl (C=O) groups is 2. The van der Waals surface area contributed by atoms with E-state index in [9.17, 15) is 14.7 Å². The highest BCUT2D eigenvalue weighted by atomic mass is 16.5. The molecular weight excluding hydrogens is 472 g/mol. The summed E-state index contributed by atoms with van der Waals surface area (Å²) in [6.07, 6.45) is 1.75. The van der Waals surface area contributed by atoms with Gasteiger partial charge in [-0.1, -0.05) is 26.0 Å². The molecule has 8 heteroatoms. The number of carbonyl (C=O) groups excluding carboxylic acids is 2. The summed E-state index contributed by atoms with van der Waals surface area (Å²) < 4.78 is 16.9. The van der Waals surface area contributed by atoms with E-state index >= 15 is 0 Å². The van der Waals surface area contributed by atoms with Crippen molar-refractivity contribution >= 4 is 17.4 Å². The summed E-state index contributed by atoms with van der Waals surface area (Å²) in [5.74, 6) is -0.144. The van der Waals surface area contributed by atoms with Gasteiger partial charge in [0.2, 0.25) is 0 Å². The highest BCUT2D eigenvalue weighted by Crippen LogP contribution is 2.40. The minimum Gasteiger partial charge on any atom is -0.507 e. The molecule has 1 unspecified atom stereocenters. The van der Waals surface area contributed by atoms with Crippen LogP contribution in [0.5, 0.6) is 11.5 Å². The number of ether oxygens (including phenoxy) is 3. The first-order chi connectivity index (χ1) is 18.0. The molecule has 198 valence electrons. The number of rotatable bonds is 11. The van der Waals surface area contributed by atoms with Gasteiger partial charge >= 0.3 is 0 Å². The summed E-state index contributed by atoms with van der Waals surface area (Å²) in [5.41, 5.74) is 1.26. The zero-order chi connectivity index (χ0) is 26.2. The first kappa shape index (κ1) is 26.7. The molecule has 2 fully saturated rings. The fourth-order valence-corrected chi connectivity index (χ4v) is 4.61. The van der Waals surface area contributed by atoms with Crippen molar-refractivity contribution in [3.05, 3.63) is 65.2 Å². The van der Waals surface area contributed by atoms with E-state index in [0.29, 0.717) is 56.6 Å². The molecule has 0 bridgehead atoms. The molecule has 0 radical (unpaired) electrons. The van der Waals surface area contributed by atoms with Gasteiger partial charge in [0.15, 0.2) is 0 Å². The number of benzene rings is 2. The third-order valence-electron chi connectivity index (χ3n) is 6.55. The smallest absolute Gasteiger partial charge is 0.295 e. The maximum Gasteiger partial charge on any atom is 0.295 e. The molecule has 1 N–H and O–H groups in total.